The summed E-state index contributed by atoms with van der Waals surface area (Å²) >= 11 is 0. The van der Waals surface area contributed by atoms with Crippen LogP contribution in [-0.2, 0) is 4.79 Å². The minimum atomic E-state index is -0.366. The molecule has 0 bridgehead atoms. The van der Waals surface area contributed by atoms with E-state index in [-0.39, 0.29) is 11.9 Å². The van der Waals surface area contributed by atoms with Crippen molar-refractivity contribution in [2.24, 2.45) is 5.73 Å². The smallest absolute Gasteiger partial charge is 0.236 e. The highest BCUT2D eigenvalue weighted by Gasteiger charge is 2.12. The predicted octanol–water partition coefficient (Wildman–Crippen LogP) is -0.210. The lowest BCUT2D eigenvalue weighted by atomic mass is 10.2. The lowest BCUT2D eigenvalue weighted by Crippen LogP contribution is -2.45. The molecular formula is C9H21N3O. The zero-order chi connectivity index (χ0) is 10.4. The van der Waals surface area contributed by atoms with Gasteiger partial charge in [-0.2, -0.15) is 0 Å². The fraction of sp³-hybridized carbons (Fsp3) is 0.889. The first kappa shape index (κ1) is 12.4. The summed E-state index contributed by atoms with van der Waals surface area (Å²) in [4.78, 5) is 13.3. The Morgan fingerprint density at radius 2 is 2.08 bits per heavy atom. The second-order valence-electron chi connectivity index (χ2n) is 3.57. The SMILES string of the molecule is CC[C@@H](N)C(=O)NCC(C)N(C)C. The Bertz CT molecular complexity index is 159. The van der Waals surface area contributed by atoms with Crippen LogP contribution in [-0.4, -0.2) is 43.5 Å². The largest absolute Gasteiger partial charge is 0.353 e. The number of carbonyl (C=O) groups is 1. The number of likely N-dealkylation sites (N-methyl/N-ethyl adjacent to an activating group) is 1. The van der Waals surface area contributed by atoms with Gasteiger partial charge in [0.2, 0.25) is 5.91 Å². The highest BCUT2D eigenvalue weighted by atomic mass is 16.2. The van der Waals surface area contributed by atoms with Gasteiger partial charge >= 0.3 is 0 Å². The fourth-order valence-corrected chi connectivity index (χ4v) is 0.747. The summed E-state index contributed by atoms with van der Waals surface area (Å²) in [6.07, 6.45) is 0.683. The number of nitrogens with two attached hydrogens (primary N) is 1. The van der Waals surface area contributed by atoms with E-state index >= 15 is 0 Å². The molecule has 78 valence electrons. The molecule has 1 amide bonds. The second kappa shape index (κ2) is 5.94. The summed E-state index contributed by atoms with van der Waals surface area (Å²) < 4.78 is 0. The number of hydrogen-bond acceptors (Lipinski definition) is 3. The maximum Gasteiger partial charge on any atom is 0.236 e. The van der Waals surface area contributed by atoms with Crippen LogP contribution < -0.4 is 11.1 Å². The van der Waals surface area contributed by atoms with Crippen molar-refractivity contribution < 1.29 is 4.79 Å². The van der Waals surface area contributed by atoms with Gasteiger partial charge in [-0.15, -0.1) is 0 Å². The molecule has 13 heavy (non-hydrogen) atoms. The Labute approximate surface area is 80.5 Å². The molecule has 0 radical (unpaired) electrons. The highest BCUT2D eigenvalue weighted by Crippen LogP contribution is 1.90. The third-order valence-electron chi connectivity index (χ3n) is 2.23. The average molecular weight is 187 g/mol. The minimum Gasteiger partial charge on any atom is -0.353 e. The van der Waals surface area contributed by atoms with Crippen LogP contribution in [0, 0.1) is 0 Å². The van der Waals surface area contributed by atoms with Gasteiger partial charge in [0.15, 0.2) is 0 Å². The third kappa shape index (κ3) is 4.85. The Morgan fingerprint density at radius 1 is 1.54 bits per heavy atom. The third-order valence-corrected chi connectivity index (χ3v) is 2.23. The molecule has 0 saturated carbocycles. The molecule has 0 aliphatic heterocycles. The lowest BCUT2D eigenvalue weighted by molar-refractivity contribution is -0.122. The Hall–Kier alpha value is -0.610. The molecule has 0 fully saturated rings. The van der Waals surface area contributed by atoms with Crippen LogP contribution in [0.3, 0.4) is 0 Å². The van der Waals surface area contributed by atoms with Crippen molar-refractivity contribution in [1.29, 1.82) is 0 Å². The van der Waals surface area contributed by atoms with Gasteiger partial charge < -0.3 is 16.0 Å². The second-order valence-corrected chi connectivity index (χ2v) is 3.57. The molecule has 3 N–H and O–H groups in total. The molecule has 0 spiro atoms. The summed E-state index contributed by atoms with van der Waals surface area (Å²) in [5, 5.41) is 2.81. The summed E-state index contributed by atoms with van der Waals surface area (Å²) in [5.41, 5.74) is 5.55. The van der Waals surface area contributed by atoms with Gasteiger partial charge in [0.05, 0.1) is 6.04 Å². The van der Waals surface area contributed by atoms with Crippen molar-refractivity contribution in [3.8, 4) is 0 Å². The zero-order valence-corrected chi connectivity index (χ0v) is 9.00. The predicted molar refractivity (Wildman–Crippen MR) is 54.4 cm³/mol. The molecule has 0 aliphatic carbocycles. The summed E-state index contributed by atoms with van der Waals surface area (Å²) in [5.74, 6) is -0.0591. The van der Waals surface area contributed by atoms with Gasteiger partial charge in [-0.3, -0.25) is 4.79 Å². The van der Waals surface area contributed by atoms with Crippen LogP contribution >= 0.6 is 0 Å². The van der Waals surface area contributed by atoms with E-state index in [9.17, 15) is 4.79 Å². The van der Waals surface area contributed by atoms with Gasteiger partial charge in [-0.1, -0.05) is 6.92 Å². The molecule has 0 heterocycles. The monoisotopic (exact) mass is 187 g/mol. The molecule has 0 aromatic rings. The van der Waals surface area contributed by atoms with Crippen molar-refractivity contribution in [3.05, 3.63) is 0 Å². The topological polar surface area (TPSA) is 58.4 Å². The first-order chi connectivity index (χ1) is 5.99. The molecular weight excluding hydrogens is 166 g/mol. The number of carbonyl (C=O) groups excluding carboxylic acids is 1. The summed E-state index contributed by atoms with van der Waals surface area (Å²) in [7, 11) is 3.97. The number of nitrogens with zero attached hydrogens (tertiary/aromatic N) is 1. The van der Waals surface area contributed by atoms with E-state index < -0.39 is 0 Å². The maximum absolute atomic E-state index is 11.2. The number of amides is 1. The first-order valence-corrected chi connectivity index (χ1v) is 4.68. The van der Waals surface area contributed by atoms with E-state index in [0.29, 0.717) is 19.0 Å². The standard InChI is InChI=1S/C9H21N3O/c1-5-8(10)9(13)11-6-7(2)12(3)4/h7-8H,5-6,10H2,1-4H3,(H,11,13)/t7?,8-/m1/s1. The molecule has 0 saturated heterocycles. The van der Waals surface area contributed by atoms with E-state index in [1.54, 1.807) is 0 Å². The highest BCUT2D eigenvalue weighted by molar-refractivity contribution is 5.81. The maximum atomic E-state index is 11.2. The van der Waals surface area contributed by atoms with Gasteiger partial charge in [0.25, 0.3) is 0 Å². The summed E-state index contributed by atoms with van der Waals surface area (Å²) in [6.45, 7) is 4.61. The van der Waals surface area contributed by atoms with Crippen LogP contribution in [0.25, 0.3) is 0 Å². The Kier molecular flexibility index (Phi) is 5.66. The van der Waals surface area contributed by atoms with E-state index in [4.69, 9.17) is 5.73 Å². The van der Waals surface area contributed by atoms with E-state index in [2.05, 4.69) is 17.1 Å². The van der Waals surface area contributed by atoms with Crippen molar-refractivity contribution in [2.45, 2.75) is 32.4 Å². The molecule has 4 heteroatoms. The zero-order valence-electron chi connectivity index (χ0n) is 9.00. The molecule has 0 aromatic carbocycles. The molecule has 0 aromatic heterocycles. The normalized spacial score (nSPS) is 15.5. The lowest BCUT2D eigenvalue weighted by Gasteiger charge is -2.20. The molecule has 0 aliphatic rings. The van der Waals surface area contributed by atoms with Crippen molar-refractivity contribution in [3.63, 3.8) is 0 Å². The van der Waals surface area contributed by atoms with Crippen molar-refractivity contribution >= 4 is 5.91 Å². The molecule has 2 atom stereocenters. The Morgan fingerprint density at radius 3 is 2.46 bits per heavy atom. The van der Waals surface area contributed by atoms with Gasteiger partial charge in [-0.25, -0.2) is 0 Å². The fourth-order valence-electron chi connectivity index (χ4n) is 0.747. The van der Waals surface area contributed by atoms with E-state index in [0.717, 1.165) is 0 Å². The van der Waals surface area contributed by atoms with Gasteiger partial charge in [-0.05, 0) is 27.4 Å². The first-order valence-electron chi connectivity index (χ1n) is 4.68. The van der Waals surface area contributed by atoms with Crippen molar-refractivity contribution in [2.75, 3.05) is 20.6 Å². The van der Waals surface area contributed by atoms with Gasteiger partial charge in [0.1, 0.15) is 0 Å². The minimum absolute atomic E-state index is 0.0591. The quantitative estimate of drug-likeness (QED) is 0.626. The van der Waals surface area contributed by atoms with E-state index in [1.807, 2.05) is 21.0 Å². The van der Waals surface area contributed by atoms with Gasteiger partial charge in [0, 0.05) is 12.6 Å². The molecule has 4 nitrogen and oxygen atoms in total. The summed E-state index contributed by atoms with van der Waals surface area (Å²) in [6, 6.07) is -0.0256. The van der Waals surface area contributed by atoms with Crippen LogP contribution in [0.2, 0.25) is 0 Å². The number of nitrogens with one attached hydrogen (secondary N) is 1. The van der Waals surface area contributed by atoms with Crippen LogP contribution in [0.4, 0.5) is 0 Å². The van der Waals surface area contributed by atoms with E-state index in [1.165, 1.54) is 0 Å². The van der Waals surface area contributed by atoms with Crippen LogP contribution in [0.1, 0.15) is 20.3 Å². The number of rotatable bonds is 5. The van der Waals surface area contributed by atoms with Crippen LogP contribution in [0.15, 0.2) is 0 Å². The van der Waals surface area contributed by atoms with Crippen molar-refractivity contribution in [1.82, 2.24) is 10.2 Å². The van der Waals surface area contributed by atoms with Crippen LogP contribution in [0.5, 0.6) is 0 Å². The average Bonchev–Trinajstić information content (AvgIpc) is 2.11. The molecule has 1 unspecified atom stereocenters. The Balaban J connectivity index is 3.70. The molecule has 0 rings (SSSR count). The number of hydrogen-bond donors (Lipinski definition) is 2.